The molecule has 0 amide bonds. The summed E-state index contributed by atoms with van der Waals surface area (Å²) in [7, 11) is -4.23. The van der Waals surface area contributed by atoms with Crippen LogP contribution in [0.15, 0.2) is 60.2 Å². The van der Waals surface area contributed by atoms with E-state index in [-0.39, 0.29) is 52.2 Å². The van der Waals surface area contributed by atoms with Gasteiger partial charge >= 0.3 is 11.9 Å². The summed E-state index contributed by atoms with van der Waals surface area (Å²) >= 11 is 0. The van der Waals surface area contributed by atoms with Gasteiger partial charge in [0.15, 0.2) is 22.9 Å². The molecule has 1 aliphatic heterocycles. The normalized spacial score (nSPS) is 25.0. The lowest BCUT2D eigenvalue weighted by atomic mass is 9.80. The Morgan fingerprint density at radius 3 is 2.19 bits per heavy atom. The van der Waals surface area contributed by atoms with Crippen molar-refractivity contribution < 1.29 is 42.3 Å². The molecule has 1 unspecified atom stereocenters. The predicted molar refractivity (Wildman–Crippen MR) is 237 cm³/mol. The van der Waals surface area contributed by atoms with Crippen LogP contribution in [-0.4, -0.2) is 70.8 Å². The third-order valence-electron chi connectivity index (χ3n) is 12.1. The molecule has 0 saturated heterocycles. The van der Waals surface area contributed by atoms with E-state index in [2.05, 4.69) is 80.7 Å². The Labute approximate surface area is 351 Å². The second-order valence-electron chi connectivity index (χ2n) is 19.2. The predicted octanol–water partition coefficient (Wildman–Crippen LogP) is 11.5. The van der Waals surface area contributed by atoms with Gasteiger partial charge in [-0.25, -0.2) is 0 Å². The summed E-state index contributed by atoms with van der Waals surface area (Å²) < 4.78 is 38.0. The van der Waals surface area contributed by atoms with Gasteiger partial charge in [-0.1, -0.05) is 85.8 Å². The van der Waals surface area contributed by atoms with Gasteiger partial charge in [0.25, 0.3) is 5.69 Å². The van der Waals surface area contributed by atoms with Gasteiger partial charge in [0.1, 0.15) is 11.9 Å². The van der Waals surface area contributed by atoms with Crippen LogP contribution in [0.5, 0.6) is 5.75 Å². The summed E-state index contributed by atoms with van der Waals surface area (Å²) in [4.78, 5) is 38.3. The molecule has 0 aromatic heterocycles. The van der Waals surface area contributed by atoms with E-state index in [9.17, 15) is 19.7 Å². The van der Waals surface area contributed by atoms with Crippen LogP contribution in [0.4, 0.5) is 5.69 Å². The van der Waals surface area contributed by atoms with Gasteiger partial charge in [-0.2, -0.15) is 0 Å². The van der Waals surface area contributed by atoms with Crippen molar-refractivity contribution in [3.63, 3.8) is 0 Å². The van der Waals surface area contributed by atoms with Gasteiger partial charge in [-0.15, -0.1) is 0 Å². The molecule has 7 atom stereocenters. The van der Waals surface area contributed by atoms with E-state index in [4.69, 9.17) is 27.8 Å². The summed E-state index contributed by atoms with van der Waals surface area (Å²) in [6.07, 6.45) is 9.34. The van der Waals surface area contributed by atoms with Crippen molar-refractivity contribution in [1.29, 1.82) is 0 Å². The number of nitrogens with zero attached hydrogens (tertiary/aromatic N) is 1. The first-order chi connectivity index (χ1) is 26.6. The van der Waals surface area contributed by atoms with Crippen LogP contribution in [-0.2, 0) is 32.7 Å². The van der Waals surface area contributed by atoms with E-state index < -0.39 is 57.5 Å². The summed E-state index contributed by atoms with van der Waals surface area (Å²) in [5, 5.41) is 11.2. The van der Waals surface area contributed by atoms with E-state index >= 15 is 0 Å². The van der Waals surface area contributed by atoms with Gasteiger partial charge in [-0.3, -0.25) is 19.7 Å². The van der Waals surface area contributed by atoms with Gasteiger partial charge in [0, 0.05) is 37.2 Å². The van der Waals surface area contributed by atoms with E-state index in [1.165, 1.54) is 24.3 Å². The molecule has 0 saturated carbocycles. The third-order valence-corrected chi connectivity index (χ3v) is 21.1. The SMILES string of the molecule is CCOC(C)O[C@]1(C)CC[C@@H](O[Si](C)(C)C(C)(C)C)CC(=O)O[C@H](/C(C)=C/C=C/[C@@H](C)CO[Si](C)(C)C(C)(C)C)[C@@H](C)/C=C/[C@@H]1CC(=O)Oc1ccc([N+](=O)[O-])cc1. The van der Waals surface area contributed by atoms with Crippen LogP contribution in [0.25, 0.3) is 0 Å². The number of rotatable bonds is 16. The summed E-state index contributed by atoms with van der Waals surface area (Å²) in [6, 6.07) is 5.43. The molecule has 0 bridgehead atoms. The molecule has 13 heteroatoms. The maximum Gasteiger partial charge on any atom is 0.311 e. The van der Waals surface area contributed by atoms with Crippen LogP contribution >= 0.6 is 0 Å². The highest BCUT2D eigenvalue weighted by atomic mass is 28.4. The minimum Gasteiger partial charge on any atom is -0.457 e. The zero-order valence-corrected chi connectivity index (χ0v) is 40.4. The molecule has 1 heterocycles. The highest BCUT2D eigenvalue weighted by molar-refractivity contribution is 6.74. The smallest absolute Gasteiger partial charge is 0.311 e. The van der Waals surface area contributed by atoms with Crippen molar-refractivity contribution in [2.75, 3.05) is 13.2 Å². The van der Waals surface area contributed by atoms with Crippen molar-refractivity contribution in [3.05, 3.63) is 70.3 Å². The van der Waals surface area contributed by atoms with Crippen molar-refractivity contribution in [2.45, 2.75) is 169 Å². The third kappa shape index (κ3) is 15.9. The zero-order chi connectivity index (χ0) is 44.3. The number of nitro groups is 1. The molecule has 58 heavy (non-hydrogen) atoms. The van der Waals surface area contributed by atoms with Crippen LogP contribution in [0.3, 0.4) is 0 Å². The Kier molecular flexibility index (Phi) is 19.0. The standard InChI is InChI=1S/C45H75NO10Si2/c1-17-51-35(5)55-45(12)28-27-39(56-58(15,16)44(9,10)11)30-41(48)54-42(33(3)20-18-19-32(2)31-52-57(13,14)43(6,7)8)34(4)21-22-36(45)29-40(47)53-38-25-23-37(24-26-38)46(49)50/h18-26,32,34-36,39,42H,17,27-31H2,1-16H3/b19-18+,22-21+,33-20+/t32-,34+,35?,36-,39-,42-,45-/m1/s1. The Morgan fingerprint density at radius 2 is 1.64 bits per heavy atom. The largest absolute Gasteiger partial charge is 0.457 e. The number of nitro benzene ring substituents is 1. The first kappa shape index (κ1) is 51.2. The van der Waals surface area contributed by atoms with E-state index in [0.717, 1.165) is 5.57 Å². The number of allylic oxidation sites excluding steroid dienone is 2. The van der Waals surface area contributed by atoms with Crippen molar-refractivity contribution >= 4 is 34.3 Å². The summed E-state index contributed by atoms with van der Waals surface area (Å²) in [5.74, 6) is -1.25. The molecule has 2 rings (SSSR count). The van der Waals surface area contributed by atoms with E-state index in [0.29, 0.717) is 26.1 Å². The maximum atomic E-state index is 13.9. The fourth-order valence-corrected chi connectivity index (χ4v) is 8.70. The number of cyclic esters (lactones) is 1. The van der Waals surface area contributed by atoms with Crippen molar-refractivity contribution in [1.82, 2.24) is 0 Å². The second-order valence-corrected chi connectivity index (χ2v) is 28.8. The fourth-order valence-electron chi connectivity index (χ4n) is 6.20. The van der Waals surface area contributed by atoms with Crippen molar-refractivity contribution in [2.24, 2.45) is 17.8 Å². The lowest BCUT2D eigenvalue weighted by molar-refractivity contribution is -0.384. The average Bonchev–Trinajstić information content (AvgIpc) is 3.09. The lowest BCUT2D eigenvalue weighted by Gasteiger charge is -2.42. The molecule has 11 nitrogen and oxygen atoms in total. The monoisotopic (exact) mass is 845 g/mol. The molecule has 0 fully saturated rings. The number of benzene rings is 1. The molecule has 0 N–H and O–H groups in total. The van der Waals surface area contributed by atoms with Gasteiger partial charge in [0.2, 0.25) is 0 Å². The number of non-ortho nitro benzene ring substituents is 1. The summed E-state index contributed by atoms with van der Waals surface area (Å²) in [6.45, 7) is 34.9. The van der Waals surface area contributed by atoms with Crippen LogP contribution in [0.2, 0.25) is 36.3 Å². The Hall–Kier alpha value is -2.95. The first-order valence-corrected chi connectivity index (χ1v) is 26.7. The molecule has 0 radical (unpaired) electrons. The fraction of sp³-hybridized carbons (Fsp3) is 0.689. The molecule has 328 valence electrons. The van der Waals surface area contributed by atoms with Gasteiger partial charge in [-0.05, 0) is 100 Å². The molecule has 1 aromatic carbocycles. The van der Waals surface area contributed by atoms with Crippen molar-refractivity contribution in [3.8, 4) is 5.75 Å². The quantitative estimate of drug-likeness (QED) is 0.0231. The number of esters is 2. The average molecular weight is 846 g/mol. The van der Waals surface area contributed by atoms with E-state index in [1.807, 2.05) is 58.9 Å². The van der Waals surface area contributed by atoms with E-state index in [1.54, 1.807) is 0 Å². The minimum absolute atomic E-state index is 0.0554. The first-order valence-electron chi connectivity index (χ1n) is 20.9. The molecule has 0 spiro atoms. The minimum atomic E-state index is -2.34. The number of hydrogen-bond donors (Lipinski definition) is 0. The molecular weight excluding hydrogens is 771 g/mol. The molecule has 0 aliphatic carbocycles. The Morgan fingerprint density at radius 1 is 1.03 bits per heavy atom. The lowest BCUT2D eigenvalue weighted by Crippen LogP contribution is -2.46. The Bertz CT molecular complexity index is 1590. The van der Waals surface area contributed by atoms with Crippen LogP contribution in [0.1, 0.15) is 109 Å². The maximum absolute atomic E-state index is 13.9. The Balaban J connectivity index is 2.60. The number of carbonyl (C=O) groups is 2. The zero-order valence-electron chi connectivity index (χ0n) is 38.4. The number of carbonyl (C=O) groups excluding carboxylic acids is 2. The highest BCUT2D eigenvalue weighted by Gasteiger charge is 2.43. The number of ether oxygens (including phenoxy) is 4. The second kappa shape index (κ2) is 21.5. The molecular formula is C45H75NO10Si2. The van der Waals surface area contributed by atoms with Gasteiger partial charge in [0.05, 0.1) is 29.5 Å². The highest BCUT2D eigenvalue weighted by Crippen LogP contribution is 2.41. The van der Waals surface area contributed by atoms with Gasteiger partial charge < -0.3 is 27.8 Å². The summed E-state index contributed by atoms with van der Waals surface area (Å²) in [5.41, 5.74) is -0.184. The van der Waals surface area contributed by atoms with Crippen LogP contribution in [0, 0.1) is 27.9 Å². The topological polar surface area (TPSA) is 133 Å². The number of hydrogen-bond acceptors (Lipinski definition) is 10. The van der Waals surface area contributed by atoms with Crippen LogP contribution < -0.4 is 4.74 Å². The molecule has 1 aromatic rings. The molecule has 1 aliphatic rings.